The molecule has 2 rings (SSSR count). The molecule has 0 atom stereocenters. The molecule has 0 saturated carbocycles. The molecule has 0 unspecified atom stereocenters. The quantitative estimate of drug-likeness (QED) is 0.496. The van der Waals surface area contributed by atoms with E-state index in [0.717, 1.165) is 12.1 Å². The highest BCUT2D eigenvalue weighted by atomic mass is 14.9. The van der Waals surface area contributed by atoms with E-state index in [9.17, 15) is 0 Å². The van der Waals surface area contributed by atoms with Gasteiger partial charge in [0.25, 0.3) is 0 Å². The predicted molar refractivity (Wildman–Crippen MR) is 60.1 cm³/mol. The lowest BCUT2D eigenvalue weighted by Crippen LogP contribution is -1.91. The van der Waals surface area contributed by atoms with Crippen LogP contribution >= 0.6 is 0 Å². The monoisotopic (exact) mass is 181 g/mol. The average molecular weight is 181 g/mol. The Bertz CT molecular complexity index is 512. The standard InChI is InChI=1S/C13H11N/c1-3-8-14-9-7-12-10-11(4-2)5-6-13(12)14/h2-3,5-7,9-10H,1,8H2. The van der Waals surface area contributed by atoms with Gasteiger partial charge in [0.15, 0.2) is 0 Å². The zero-order valence-corrected chi connectivity index (χ0v) is 7.90. The average Bonchev–Trinajstić information content (AvgIpc) is 2.61. The van der Waals surface area contributed by atoms with Crippen LogP contribution in [0.3, 0.4) is 0 Å². The molecule has 1 heterocycles. The molecule has 0 saturated heterocycles. The molecular formula is C13H11N. The molecule has 0 aliphatic rings. The predicted octanol–water partition coefficient (Wildman–Crippen LogP) is 2.81. The Morgan fingerprint density at radius 1 is 1.43 bits per heavy atom. The molecule has 1 aromatic heterocycles. The van der Waals surface area contributed by atoms with E-state index < -0.39 is 0 Å². The van der Waals surface area contributed by atoms with Gasteiger partial charge in [0.05, 0.1) is 0 Å². The molecule has 0 aliphatic heterocycles. The van der Waals surface area contributed by atoms with Crippen molar-refractivity contribution in [3.63, 3.8) is 0 Å². The molecule has 0 bridgehead atoms. The van der Waals surface area contributed by atoms with Gasteiger partial charge in [-0.3, -0.25) is 0 Å². The summed E-state index contributed by atoms with van der Waals surface area (Å²) in [6.45, 7) is 4.56. The van der Waals surface area contributed by atoms with Crippen LogP contribution in [0.1, 0.15) is 5.56 Å². The molecule has 1 aromatic carbocycles. The molecule has 0 spiro atoms. The third kappa shape index (κ3) is 1.31. The van der Waals surface area contributed by atoms with E-state index >= 15 is 0 Å². The maximum absolute atomic E-state index is 5.33. The van der Waals surface area contributed by atoms with E-state index in [4.69, 9.17) is 6.42 Å². The maximum Gasteiger partial charge on any atom is 0.0484 e. The second-order valence-corrected chi connectivity index (χ2v) is 3.17. The Kier molecular flexibility index (Phi) is 2.12. The molecule has 14 heavy (non-hydrogen) atoms. The van der Waals surface area contributed by atoms with Crippen molar-refractivity contribution in [1.29, 1.82) is 0 Å². The first-order chi connectivity index (χ1) is 6.85. The smallest absolute Gasteiger partial charge is 0.0484 e. The molecule has 0 radical (unpaired) electrons. The Balaban J connectivity index is 2.60. The van der Waals surface area contributed by atoms with Crippen molar-refractivity contribution in [3.05, 3.63) is 48.7 Å². The second kappa shape index (κ2) is 3.43. The van der Waals surface area contributed by atoms with Gasteiger partial charge in [-0.05, 0) is 24.3 Å². The van der Waals surface area contributed by atoms with Crippen LogP contribution in [0.5, 0.6) is 0 Å². The van der Waals surface area contributed by atoms with Crippen molar-refractivity contribution in [3.8, 4) is 12.3 Å². The van der Waals surface area contributed by atoms with Crippen molar-refractivity contribution in [2.45, 2.75) is 6.54 Å². The van der Waals surface area contributed by atoms with E-state index in [1.807, 2.05) is 30.5 Å². The fourth-order valence-electron chi connectivity index (χ4n) is 1.59. The number of fused-ring (bicyclic) bond motifs is 1. The summed E-state index contributed by atoms with van der Waals surface area (Å²) in [6, 6.07) is 8.10. The summed E-state index contributed by atoms with van der Waals surface area (Å²) < 4.78 is 2.14. The molecular weight excluding hydrogens is 170 g/mol. The van der Waals surface area contributed by atoms with Crippen LogP contribution in [-0.4, -0.2) is 4.57 Å². The van der Waals surface area contributed by atoms with E-state index in [2.05, 4.69) is 23.1 Å². The van der Waals surface area contributed by atoms with Gasteiger partial charge in [-0.25, -0.2) is 0 Å². The number of benzene rings is 1. The molecule has 0 fully saturated rings. The number of hydrogen-bond donors (Lipinski definition) is 0. The highest BCUT2D eigenvalue weighted by Gasteiger charge is 1.99. The van der Waals surface area contributed by atoms with Crippen LogP contribution in [0.2, 0.25) is 0 Å². The van der Waals surface area contributed by atoms with Crippen LogP contribution in [-0.2, 0) is 6.54 Å². The minimum atomic E-state index is 0.832. The third-order valence-electron chi connectivity index (χ3n) is 2.26. The lowest BCUT2D eigenvalue weighted by atomic mass is 10.2. The topological polar surface area (TPSA) is 4.93 Å². The Morgan fingerprint density at radius 2 is 2.29 bits per heavy atom. The maximum atomic E-state index is 5.33. The van der Waals surface area contributed by atoms with Crippen LogP contribution < -0.4 is 0 Å². The van der Waals surface area contributed by atoms with Crippen molar-refractivity contribution >= 4 is 10.9 Å². The van der Waals surface area contributed by atoms with Crippen molar-refractivity contribution in [2.75, 3.05) is 0 Å². The molecule has 0 aliphatic carbocycles. The SMILES string of the molecule is C#Cc1ccc2c(ccn2CC=C)c1. The van der Waals surface area contributed by atoms with Gasteiger partial charge in [0, 0.05) is 29.2 Å². The summed E-state index contributed by atoms with van der Waals surface area (Å²) in [4.78, 5) is 0. The lowest BCUT2D eigenvalue weighted by Gasteiger charge is -2.00. The van der Waals surface area contributed by atoms with Crippen LogP contribution in [0, 0.1) is 12.3 Å². The largest absolute Gasteiger partial charge is 0.344 e. The third-order valence-corrected chi connectivity index (χ3v) is 2.26. The molecule has 68 valence electrons. The first-order valence-electron chi connectivity index (χ1n) is 4.51. The summed E-state index contributed by atoms with van der Waals surface area (Å²) in [7, 11) is 0. The van der Waals surface area contributed by atoms with Crippen molar-refractivity contribution in [2.24, 2.45) is 0 Å². The fourth-order valence-corrected chi connectivity index (χ4v) is 1.59. The van der Waals surface area contributed by atoms with Crippen LogP contribution in [0.25, 0.3) is 10.9 Å². The van der Waals surface area contributed by atoms with Gasteiger partial charge < -0.3 is 4.57 Å². The highest BCUT2D eigenvalue weighted by molar-refractivity contribution is 5.81. The summed E-state index contributed by atoms with van der Waals surface area (Å²) in [5.74, 6) is 2.63. The van der Waals surface area contributed by atoms with E-state index in [0.29, 0.717) is 0 Å². The van der Waals surface area contributed by atoms with Gasteiger partial charge in [0.1, 0.15) is 0 Å². The number of terminal acetylenes is 1. The molecule has 1 nitrogen and oxygen atoms in total. The van der Waals surface area contributed by atoms with Gasteiger partial charge in [-0.15, -0.1) is 13.0 Å². The van der Waals surface area contributed by atoms with Gasteiger partial charge in [-0.1, -0.05) is 12.0 Å². The van der Waals surface area contributed by atoms with Gasteiger partial charge >= 0.3 is 0 Å². The molecule has 2 aromatic rings. The highest BCUT2D eigenvalue weighted by Crippen LogP contribution is 2.17. The number of nitrogens with zero attached hydrogens (tertiary/aromatic N) is 1. The zero-order chi connectivity index (χ0) is 9.97. The van der Waals surface area contributed by atoms with Crippen LogP contribution in [0.4, 0.5) is 0 Å². The first kappa shape index (κ1) is 8.65. The van der Waals surface area contributed by atoms with Crippen molar-refractivity contribution in [1.82, 2.24) is 4.57 Å². The lowest BCUT2D eigenvalue weighted by molar-refractivity contribution is 0.865. The minimum Gasteiger partial charge on any atom is -0.344 e. The number of allylic oxidation sites excluding steroid dienone is 1. The fraction of sp³-hybridized carbons (Fsp3) is 0.0769. The normalized spacial score (nSPS) is 9.93. The number of rotatable bonds is 2. The second-order valence-electron chi connectivity index (χ2n) is 3.17. The minimum absolute atomic E-state index is 0.832. The van der Waals surface area contributed by atoms with Gasteiger partial charge in [0.2, 0.25) is 0 Å². The first-order valence-corrected chi connectivity index (χ1v) is 4.51. The molecule has 0 amide bonds. The summed E-state index contributed by atoms with van der Waals surface area (Å²) in [5.41, 5.74) is 2.12. The van der Waals surface area contributed by atoms with Crippen molar-refractivity contribution < 1.29 is 0 Å². The van der Waals surface area contributed by atoms with E-state index in [1.54, 1.807) is 0 Å². The zero-order valence-electron chi connectivity index (χ0n) is 7.90. The Labute approximate surface area is 83.7 Å². The molecule has 1 heteroatoms. The Hall–Kier alpha value is -1.94. The number of hydrogen-bond acceptors (Lipinski definition) is 0. The van der Waals surface area contributed by atoms with E-state index in [-0.39, 0.29) is 0 Å². The van der Waals surface area contributed by atoms with Gasteiger partial charge in [-0.2, -0.15) is 0 Å². The molecule has 0 N–H and O–H groups in total. The number of aromatic nitrogens is 1. The summed E-state index contributed by atoms with van der Waals surface area (Å²) >= 11 is 0. The van der Waals surface area contributed by atoms with Crippen LogP contribution in [0.15, 0.2) is 43.1 Å². The van der Waals surface area contributed by atoms with E-state index in [1.165, 1.54) is 10.9 Å². The Morgan fingerprint density at radius 3 is 3.00 bits per heavy atom. The summed E-state index contributed by atoms with van der Waals surface area (Å²) in [6.07, 6.45) is 9.27. The summed E-state index contributed by atoms with van der Waals surface area (Å²) in [5, 5.41) is 1.18.